The maximum atomic E-state index is 5.64. The van der Waals surface area contributed by atoms with Crippen LogP contribution in [-0.2, 0) is 6.42 Å². The highest BCUT2D eigenvalue weighted by molar-refractivity contribution is 9.09. The molecule has 0 aromatic heterocycles. The summed E-state index contributed by atoms with van der Waals surface area (Å²) in [5, 5.41) is 1.15. The highest BCUT2D eigenvalue weighted by Gasteiger charge is 2.01. The molecule has 0 radical (unpaired) electrons. The molecule has 0 saturated carbocycles. The average molecular weight is 313 g/mol. The number of hydrogen-bond donors (Lipinski definition) is 0. The Bertz CT molecular complexity index is 312. The number of hydrogen-bond acceptors (Lipinski definition) is 1. The Labute approximate surface area is 120 Å². The fraction of sp³-hybridized carbons (Fsp3) is 0.625. The molecule has 0 saturated heterocycles. The molecule has 0 aliphatic rings. The van der Waals surface area contributed by atoms with Crippen molar-refractivity contribution in [1.82, 2.24) is 0 Å². The van der Waals surface area contributed by atoms with Crippen LogP contribution in [0.15, 0.2) is 24.3 Å². The van der Waals surface area contributed by atoms with Crippen molar-refractivity contribution in [2.24, 2.45) is 0 Å². The average Bonchev–Trinajstić information content (AvgIpc) is 2.40. The number of benzene rings is 1. The summed E-state index contributed by atoms with van der Waals surface area (Å²) in [4.78, 5) is 0. The Morgan fingerprint density at radius 3 is 2.33 bits per heavy atom. The normalized spacial score (nSPS) is 10.6. The summed E-state index contributed by atoms with van der Waals surface area (Å²) < 4.78 is 5.64. The van der Waals surface area contributed by atoms with Crippen LogP contribution in [0.4, 0.5) is 0 Å². The van der Waals surface area contributed by atoms with E-state index in [0.717, 1.165) is 24.1 Å². The third-order valence-electron chi connectivity index (χ3n) is 3.10. The van der Waals surface area contributed by atoms with E-state index in [0.29, 0.717) is 0 Å². The van der Waals surface area contributed by atoms with Gasteiger partial charge in [-0.3, -0.25) is 0 Å². The Morgan fingerprint density at radius 2 is 1.61 bits per heavy atom. The highest BCUT2D eigenvalue weighted by atomic mass is 79.9. The minimum absolute atomic E-state index is 0.754. The summed E-state index contributed by atoms with van der Waals surface area (Å²) in [5.41, 5.74) is 1.36. The summed E-state index contributed by atoms with van der Waals surface area (Å²) in [6, 6.07) is 8.42. The number of unbranched alkanes of at least 4 members (excludes halogenated alkanes) is 5. The molecular formula is C16H25BrO. The molecule has 0 bridgehead atoms. The highest BCUT2D eigenvalue weighted by Crippen LogP contribution is 2.20. The smallest absolute Gasteiger partial charge is 0.122 e. The van der Waals surface area contributed by atoms with Crippen molar-refractivity contribution in [3.63, 3.8) is 0 Å². The molecule has 102 valence electrons. The molecule has 0 aliphatic carbocycles. The number of aryl methyl sites for hydroxylation is 1. The molecule has 0 unspecified atom stereocenters. The maximum absolute atomic E-state index is 5.64. The first-order valence-corrected chi connectivity index (χ1v) is 8.27. The van der Waals surface area contributed by atoms with Crippen molar-refractivity contribution in [2.45, 2.75) is 51.9 Å². The van der Waals surface area contributed by atoms with Crippen LogP contribution in [0, 0.1) is 0 Å². The fourth-order valence-corrected chi connectivity index (χ4v) is 2.52. The van der Waals surface area contributed by atoms with Crippen molar-refractivity contribution < 1.29 is 4.74 Å². The van der Waals surface area contributed by atoms with Gasteiger partial charge in [0.15, 0.2) is 0 Å². The van der Waals surface area contributed by atoms with Crippen molar-refractivity contribution in [1.29, 1.82) is 0 Å². The molecule has 2 heteroatoms. The number of alkyl halides is 1. The first-order chi connectivity index (χ1) is 8.88. The van der Waals surface area contributed by atoms with Crippen LogP contribution in [-0.4, -0.2) is 11.9 Å². The van der Waals surface area contributed by atoms with Crippen LogP contribution < -0.4 is 4.74 Å². The second-order valence-corrected chi connectivity index (χ2v) is 5.39. The molecule has 1 aromatic carbocycles. The monoisotopic (exact) mass is 312 g/mol. The Morgan fingerprint density at radius 1 is 0.944 bits per heavy atom. The van der Waals surface area contributed by atoms with Gasteiger partial charge >= 0.3 is 0 Å². The van der Waals surface area contributed by atoms with E-state index < -0.39 is 0 Å². The van der Waals surface area contributed by atoms with E-state index in [-0.39, 0.29) is 0 Å². The maximum Gasteiger partial charge on any atom is 0.122 e. The molecule has 0 amide bonds. The molecule has 0 N–H and O–H groups in total. The van der Waals surface area contributed by atoms with E-state index in [1.54, 1.807) is 0 Å². The lowest BCUT2D eigenvalue weighted by atomic mass is 10.0. The SMILES string of the molecule is CCOc1ccccc1CCCCCCCCBr. The van der Waals surface area contributed by atoms with Gasteiger partial charge in [-0.1, -0.05) is 59.8 Å². The lowest BCUT2D eigenvalue weighted by Crippen LogP contribution is -1.96. The van der Waals surface area contributed by atoms with Gasteiger partial charge in [0.25, 0.3) is 0 Å². The molecule has 1 rings (SSSR count). The minimum atomic E-state index is 0.754. The zero-order valence-electron chi connectivity index (χ0n) is 11.5. The lowest BCUT2D eigenvalue weighted by Gasteiger charge is -2.09. The molecule has 0 atom stereocenters. The van der Waals surface area contributed by atoms with Crippen LogP contribution in [0.3, 0.4) is 0 Å². The van der Waals surface area contributed by atoms with Gasteiger partial charge in [-0.05, 0) is 37.8 Å². The van der Waals surface area contributed by atoms with Gasteiger partial charge in [-0.2, -0.15) is 0 Å². The van der Waals surface area contributed by atoms with Crippen molar-refractivity contribution >= 4 is 15.9 Å². The molecule has 0 fully saturated rings. The Balaban J connectivity index is 2.18. The summed E-state index contributed by atoms with van der Waals surface area (Å²) in [6.07, 6.45) is 9.17. The topological polar surface area (TPSA) is 9.23 Å². The van der Waals surface area contributed by atoms with Crippen LogP contribution in [0.5, 0.6) is 5.75 Å². The van der Waals surface area contributed by atoms with E-state index in [4.69, 9.17) is 4.74 Å². The zero-order chi connectivity index (χ0) is 13.1. The molecule has 1 nitrogen and oxygen atoms in total. The predicted octanol–water partition coefficient (Wildman–Crippen LogP) is 5.36. The van der Waals surface area contributed by atoms with E-state index >= 15 is 0 Å². The van der Waals surface area contributed by atoms with Gasteiger partial charge in [0, 0.05) is 5.33 Å². The summed E-state index contributed by atoms with van der Waals surface area (Å²) in [6.45, 7) is 2.80. The van der Waals surface area contributed by atoms with Crippen molar-refractivity contribution in [3.8, 4) is 5.75 Å². The molecular weight excluding hydrogens is 288 g/mol. The van der Waals surface area contributed by atoms with Gasteiger partial charge in [0.05, 0.1) is 6.61 Å². The van der Waals surface area contributed by atoms with E-state index in [2.05, 4.69) is 40.2 Å². The predicted molar refractivity (Wildman–Crippen MR) is 82.8 cm³/mol. The molecule has 1 aromatic rings. The second kappa shape index (κ2) is 10.4. The van der Waals surface area contributed by atoms with E-state index in [1.807, 2.05) is 6.92 Å². The fourth-order valence-electron chi connectivity index (χ4n) is 2.12. The summed E-state index contributed by atoms with van der Waals surface area (Å²) >= 11 is 3.47. The largest absolute Gasteiger partial charge is 0.494 e. The van der Waals surface area contributed by atoms with Crippen LogP contribution in [0.25, 0.3) is 0 Å². The summed E-state index contributed by atoms with van der Waals surface area (Å²) in [5.74, 6) is 1.07. The number of para-hydroxylation sites is 1. The van der Waals surface area contributed by atoms with Gasteiger partial charge in [-0.25, -0.2) is 0 Å². The standard InChI is InChI=1S/C16H25BrO/c1-2-18-16-13-9-8-12-15(16)11-7-5-3-4-6-10-14-17/h8-9,12-13H,2-7,10-11,14H2,1H3. The van der Waals surface area contributed by atoms with Crippen LogP contribution >= 0.6 is 15.9 Å². The Hall–Kier alpha value is -0.500. The molecule has 18 heavy (non-hydrogen) atoms. The second-order valence-electron chi connectivity index (χ2n) is 4.60. The molecule has 0 aliphatic heterocycles. The van der Waals surface area contributed by atoms with E-state index in [9.17, 15) is 0 Å². The van der Waals surface area contributed by atoms with Crippen molar-refractivity contribution in [3.05, 3.63) is 29.8 Å². The Kier molecular flexibility index (Phi) is 9.01. The van der Waals surface area contributed by atoms with Gasteiger partial charge < -0.3 is 4.74 Å². The first kappa shape index (κ1) is 15.6. The minimum Gasteiger partial charge on any atom is -0.494 e. The molecule has 0 heterocycles. The number of rotatable bonds is 10. The van der Waals surface area contributed by atoms with Crippen LogP contribution in [0.1, 0.15) is 51.0 Å². The first-order valence-electron chi connectivity index (χ1n) is 7.15. The number of halogens is 1. The van der Waals surface area contributed by atoms with Gasteiger partial charge in [0.2, 0.25) is 0 Å². The quantitative estimate of drug-likeness (QED) is 0.417. The third-order valence-corrected chi connectivity index (χ3v) is 3.66. The number of ether oxygens (including phenoxy) is 1. The molecule has 0 spiro atoms. The third kappa shape index (κ3) is 6.44. The lowest BCUT2D eigenvalue weighted by molar-refractivity contribution is 0.336. The summed E-state index contributed by atoms with van der Waals surface area (Å²) in [7, 11) is 0. The van der Waals surface area contributed by atoms with E-state index in [1.165, 1.54) is 44.1 Å². The van der Waals surface area contributed by atoms with Crippen molar-refractivity contribution in [2.75, 3.05) is 11.9 Å². The van der Waals surface area contributed by atoms with Gasteiger partial charge in [0.1, 0.15) is 5.75 Å². The zero-order valence-corrected chi connectivity index (χ0v) is 13.0. The van der Waals surface area contributed by atoms with Crippen LogP contribution in [0.2, 0.25) is 0 Å². The van der Waals surface area contributed by atoms with Gasteiger partial charge in [-0.15, -0.1) is 0 Å².